The SMILES string of the molecule is COC(O)c1cc(Oc2ccc3c(c2)OCCN3I(O)Nc2cccc(C(F)(F)F)c2)ncn1. The van der Waals surface area contributed by atoms with Gasteiger partial charge in [-0.3, -0.25) is 0 Å². The first-order valence-corrected chi connectivity index (χ1v) is 12.8. The first-order valence-electron chi connectivity index (χ1n) is 9.83. The van der Waals surface area contributed by atoms with Gasteiger partial charge in [0.1, 0.15) is 0 Å². The van der Waals surface area contributed by atoms with Crippen LogP contribution in [0.25, 0.3) is 0 Å². The van der Waals surface area contributed by atoms with E-state index in [1.165, 1.54) is 31.6 Å². The van der Waals surface area contributed by atoms with Gasteiger partial charge in [-0.1, -0.05) is 0 Å². The third kappa shape index (κ3) is 5.60. The molecule has 1 atom stereocenters. The zero-order valence-electron chi connectivity index (χ0n) is 17.7. The van der Waals surface area contributed by atoms with Gasteiger partial charge in [-0.15, -0.1) is 0 Å². The number of fused-ring (bicyclic) bond motifs is 1. The zero-order chi connectivity index (χ0) is 24.3. The van der Waals surface area contributed by atoms with Crippen LogP contribution in [0.2, 0.25) is 0 Å². The fourth-order valence-electron chi connectivity index (χ4n) is 3.09. The van der Waals surface area contributed by atoms with Gasteiger partial charge in [-0.2, -0.15) is 0 Å². The van der Waals surface area contributed by atoms with E-state index in [1.54, 1.807) is 21.3 Å². The molecule has 34 heavy (non-hydrogen) atoms. The third-order valence-corrected chi connectivity index (χ3v) is 7.89. The topological polar surface area (TPSA) is 109 Å². The molecule has 3 aromatic rings. The summed E-state index contributed by atoms with van der Waals surface area (Å²) in [6, 6.07) is 11.1. The van der Waals surface area contributed by atoms with Gasteiger partial charge in [0.2, 0.25) is 0 Å². The Bertz CT molecular complexity index is 1150. The molecule has 1 aliphatic heterocycles. The molecule has 2 heterocycles. The number of anilines is 2. The summed E-state index contributed by atoms with van der Waals surface area (Å²) >= 11 is -3.10. The number of nitrogens with one attached hydrogen (secondary N) is 1. The van der Waals surface area contributed by atoms with Crippen LogP contribution in [0.3, 0.4) is 0 Å². The average molecular weight is 592 g/mol. The number of methoxy groups -OCH3 is 1. The van der Waals surface area contributed by atoms with Crippen LogP contribution in [0.4, 0.5) is 24.5 Å². The number of aliphatic hydroxyl groups is 1. The first kappa shape index (κ1) is 24.3. The van der Waals surface area contributed by atoms with Gasteiger partial charge in [0.05, 0.1) is 0 Å². The maximum absolute atomic E-state index is 13.0. The second-order valence-electron chi connectivity index (χ2n) is 6.95. The van der Waals surface area contributed by atoms with Gasteiger partial charge in [0.15, 0.2) is 0 Å². The summed E-state index contributed by atoms with van der Waals surface area (Å²) in [7, 11) is 1.33. The van der Waals surface area contributed by atoms with Crippen LogP contribution in [0.1, 0.15) is 17.5 Å². The summed E-state index contributed by atoms with van der Waals surface area (Å²) in [5, 5.41) is 9.75. The molecule has 1 aliphatic rings. The van der Waals surface area contributed by atoms with E-state index in [2.05, 4.69) is 13.5 Å². The summed E-state index contributed by atoms with van der Waals surface area (Å²) < 4.78 is 70.6. The zero-order valence-corrected chi connectivity index (χ0v) is 19.8. The van der Waals surface area contributed by atoms with Crippen molar-refractivity contribution >= 4 is 32.2 Å². The summed E-state index contributed by atoms with van der Waals surface area (Å²) in [6.07, 6.45) is -4.46. The number of rotatable bonds is 7. The second-order valence-corrected chi connectivity index (χ2v) is 10.1. The number of halogens is 4. The third-order valence-electron chi connectivity index (χ3n) is 4.68. The van der Waals surface area contributed by atoms with Crippen LogP contribution in [-0.2, 0) is 10.9 Å². The summed E-state index contributed by atoms with van der Waals surface area (Å²) in [4.78, 5) is 7.92. The monoisotopic (exact) mass is 592 g/mol. The van der Waals surface area contributed by atoms with Crippen LogP contribution in [0.15, 0.2) is 54.9 Å². The number of alkyl halides is 3. The van der Waals surface area contributed by atoms with E-state index in [0.29, 0.717) is 23.7 Å². The van der Waals surface area contributed by atoms with Crippen molar-refractivity contribution in [1.29, 1.82) is 0 Å². The van der Waals surface area contributed by atoms with E-state index in [9.17, 15) is 21.7 Å². The molecule has 0 spiro atoms. The summed E-state index contributed by atoms with van der Waals surface area (Å²) in [6.45, 7) is 0.637. The molecule has 3 N–H and O–H groups in total. The van der Waals surface area contributed by atoms with Crippen molar-refractivity contribution in [2.45, 2.75) is 12.5 Å². The quantitative estimate of drug-likeness (QED) is 0.208. The molecule has 9 nitrogen and oxygen atoms in total. The fraction of sp³-hybridized carbons (Fsp3) is 0.238. The van der Waals surface area contributed by atoms with Crippen molar-refractivity contribution in [3.63, 3.8) is 0 Å². The molecule has 0 fully saturated rings. The number of benzene rings is 2. The molecule has 4 rings (SSSR count). The molecule has 0 saturated carbocycles. The predicted molar refractivity (Wildman–Crippen MR) is 125 cm³/mol. The van der Waals surface area contributed by atoms with Crippen LogP contribution in [0, 0.1) is 0 Å². The van der Waals surface area contributed by atoms with Crippen molar-refractivity contribution in [3.05, 3.63) is 66.1 Å². The molecule has 1 aromatic heterocycles. The normalized spacial score (nSPS) is 14.6. The number of hydrogen-bond donors (Lipinski definition) is 3. The molecular formula is C21H20F3IN4O5. The molecule has 13 heteroatoms. The van der Waals surface area contributed by atoms with Gasteiger partial charge >= 0.3 is 201 Å². The first-order chi connectivity index (χ1) is 16.2. The van der Waals surface area contributed by atoms with E-state index < -0.39 is 38.8 Å². The molecule has 1 unspecified atom stereocenters. The Morgan fingerprint density at radius 3 is 2.76 bits per heavy atom. The van der Waals surface area contributed by atoms with E-state index in [-0.39, 0.29) is 23.9 Å². The second kappa shape index (κ2) is 10.2. The number of aliphatic hydroxyl groups excluding tert-OH is 1. The number of nitrogens with zero attached hydrogens (tertiary/aromatic N) is 3. The maximum atomic E-state index is 13.0. The van der Waals surface area contributed by atoms with E-state index in [0.717, 1.165) is 12.1 Å². The van der Waals surface area contributed by atoms with Crippen LogP contribution >= 0.6 is 20.8 Å². The Hall–Kier alpha value is -2.88. The Morgan fingerprint density at radius 2 is 2.00 bits per heavy atom. The Labute approximate surface area is 200 Å². The van der Waals surface area contributed by atoms with Gasteiger partial charge in [-0.25, -0.2) is 0 Å². The van der Waals surface area contributed by atoms with Gasteiger partial charge in [0.25, 0.3) is 0 Å². The molecule has 182 valence electrons. The van der Waals surface area contributed by atoms with Crippen molar-refractivity contribution in [2.75, 3.05) is 26.9 Å². The minimum atomic E-state index is -4.47. The number of aromatic nitrogens is 2. The molecule has 0 saturated heterocycles. The Balaban J connectivity index is 1.50. The number of hydrogen-bond acceptors (Lipinski definition) is 9. The van der Waals surface area contributed by atoms with Crippen molar-refractivity contribution in [3.8, 4) is 17.4 Å². The molecule has 0 bridgehead atoms. The Morgan fingerprint density at radius 1 is 1.18 bits per heavy atom. The average Bonchev–Trinajstić information content (AvgIpc) is 2.82. The van der Waals surface area contributed by atoms with Crippen LogP contribution in [-0.4, -0.2) is 38.8 Å². The van der Waals surface area contributed by atoms with Crippen molar-refractivity contribution in [2.24, 2.45) is 0 Å². The summed E-state index contributed by atoms with van der Waals surface area (Å²) in [5.41, 5.74) is 0.206. The van der Waals surface area contributed by atoms with E-state index >= 15 is 0 Å². The van der Waals surface area contributed by atoms with E-state index in [1.807, 2.05) is 0 Å². The van der Waals surface area contributed by atoms with Gasteiger partial charge in [-0.05, 0) is 0 Å². The van der Waals surface area contributed by atoms with Crippen molar-refractivity contribution in [1.82, 2.24) is 9.97 Å². The van der Waals surface area contributed by atoms with E-state index in [4.69, 9.17) is 14.2 Å². The predicted octanol–water partition coefficient (Wildman–Crippen LogP) is 4.48. The van der Waals surface area contributed by atoms with Crippen LogP contribution in [0.5, 0.6) is 17.4 Å². The molecular weight excluding hydrogens is 572 g/mol. The summed E-state index contributed by atoms with van der Waals surface area (Å²) in [5.74, 6) is 1.01. The Kier molecular flexibility index (Phi) is 7.25. The van der Waals surface area contributed by atoms with Gasteiger partial charge < -0.3 is 0 Å². The van der Waals surface area contributed by atoms with Gasteiger partial charge in [0, 0.05) is 0 Å². The standard InChI is InChI=1S/C21H20F3IN4O5/c1-32-20(30)16-11-19(27-12-26-16)34-15-5-6-17-18(10-15)33-8-7-29(17)25(31)28-14-4-2-3-13(9-14)21(22,23)24/h2-6,9-12,20,28,30-31H,7-8H2,1H3. The molecule has 0 radical (unpaired) electrons. The number of ether oxygens (including phenoxy) is 3. The van der Waals surface area contributed by atoms with Crippen molar-refractivity contribution < 1.29 is 35.9 Å². The molecule has 2 aromatic carbocycles. The fourth-order valence-corrected chi connectivity index (χ4v) is 5.81. The van der Waals surface area contributed by atoms with Crippen LogP contribution < -0.4 is 16.1 Å². The minimum absolute atomic E-state index is 0.176. The molecule has 0 aliphatic carbocycles. The molecule has 0 amide bonds.